The molecule has 2 aromatic rings. The Morgan fingerprint density at radius 3 is 3.00 bits per heavy atom. The largest absolute Gasteiger partial charge is 0.382 e. The van der Waals surface area contributed by atoms with Crippen molar-refractivity contribution in [1.29, 1.82) is 0 Å². The zero-order chi connectivity index (χ0) is 14.2. The summed E-state index contributed by atoms with van der Waals surface area (Å²) in [5.41, 5.74) is 0.832. The number of hydrogen-bond donors (Lipinski definition) is 1. The van der Waals surface area contributed by atoms with Crippen LogP contribution in [0.25, 0.3) is 5.65 Å². The van der Waals surface area contributed by atoms with Crippen LogP contribution >= 0.6 is 15.9 Å². The van der Waals surface area contributed by atoms with Crippen LogP contribution < -0.4 is 5.32 Å². The molecule has 0 aromatic carbocycles. The highest BCUT2D eigenvalue weighted by Gasteiger charge is 2.02. The van der Waals surface area contributed by atoms with Crippen molar-refractivity contribution in [3.63, 3.8) is 0 Å². The number of nitrogens with zero attached hydrogens (tertiary/aromatic N) is 3. The topological polar surface area (TPSA) is 60.7 Å². The molecule has 0 fully saturated rings. The monoisotopic (exact) mass is 342 g/mol. The molecule has 2 rings (SSSR count). The summed E-state index contributed by atoms with van der Waals surface area (Å²) in [6, 6.07) is 3.87. The van der Waals surface area contributed by atoms with Gasteiger partial charge in [0.25, 0.3) is 0 Å². The Hall–Kier alpha value is -1.18. The van der Waals surface area contributed by atoms with Crippen molar-refractivity contribution in [3.8, 4) is 0 Å². The molecule has 0 radical (unpaired) electrons. The number of unbranched alkanes of at least 4 members (excludes halogenated alkanes) is 1. The first kappa shape index (κ1) is 15.2. The molecule has 0 amide bonds. The molecule has 2 heterocycles. The zero-order valence-electron chi connectivity index (χ0n) is 11.5. The zero-order valence-corrected chi connectivity index (χ0v) is 13.1. The quantitative estimate of drug-likeness (QED) is 0.708. The fraction of sp³-hybridized carbons (Fsp3) is 0.538. The van der Waals surface area contributed by atoms with Crippen molar-refractivity contribution in [3.05, 3.63) is 22.8 Å². The van der Waals surface area contributed by atoms with Gasteiger partial charge < -0.3 is 14.8 Å². The number of ether oxygens (including phenoxy) is 2. The first-order valence-corrected chi connectivity index (χ1v) is 7.41. The van der Waals surface area contributed by atoms with Gasteiger partial charge in [-0.15, -0.1) is 5.10 Å². The molecule has 2 aromatic heterocycles. The van der Waals surface area contributed by atoms with Crippen LogP contribution in [-0.4, -0.2) is 48.1 Å². The van der Waals surface area contributed by atoms with Crippen LogP contribution in [0.2, 0.25) is 0 Å². The van der Waals surface area contributed by atoms with E-state index in [1.165, 1.54) is 0 Å². The maximum absolute atomic E-state index is 5.39. The first-order valence-electron chi connectivity index (χ1n) is 6.62. The summed E-state index contributed by atoms with van der Waals surface area (Å²) in [7, 11) is 1.67. The summed E-state index contributed by atoms with van der Waals surface area (Å²) in [6.07, 6.45) is 3.92. The van der Waals surface area contributed by atoms with E-state index < -0.39 is 0 Å². The summed E-state index contributed by atoms with van der Waals surface area (Å²) < 4.78 is 13.0. The minimum absolute atomic E-state index is 0.652. The van der Waals surface area contributed by atoms with E-state index in [9.17, 15) is 0 Å². The fourth-order valence-corrected chi connectivity index (χ4v) is 2.03. The summed E-state index contributed by atoms with van der Waals surface area (Å²) in [6.45, 7) is 2.91. The Morgan fingerprint density at radius 2 is 2.15 bits per heavy atom. The Labute approximate surface area is 126 Å². The Bertz CT molecular complexity index is 532. The summed E-state index contributed by atoms with van der Waals surface area (Å²) in [5.74, 6) is 0.656. The molecule has 0 spiro atoms. The minimum Gasteiger partial charge on any atom is -0.382 e. The van der Waals surface area contributed by atoms with Gasteiger partial charge in [0.05, 0.1) is 13.2 Å². The van der Waals surface area contributed by atoms with Crippen LogP contribution in [-0.2, 0) is 9.47 Å². The number of anilines is 1. The van der Waals surface area contributed by atoms with Gasteiger partial charge in [-0.1, -0.05) is 0 Å². The molecule has 0 unspecified atom stereocenters. The van der Waals surface area contributed by atoms with Gasteiger partial charge >= 0.3 is 0 Å². The SMILES string of the molecule is COCCOCCCCNc1nc2ccc(Br)cn2n1. The second kappa shape index (κ2) is 8.18. The molecule has 7 heteroatoms. The lowest BCUT2D eigenvalue weighted by atomic mass is 10.3. The highest BCUT2D eigenvalue weighted by atomic mass is 79.9. The van der Waals surface area contributed by atoms with Crippen LogP contribution in [0.3, 0.4) is 0 Å². The molecular weight excluding hydrogens is 324 g/mol. The highest BCUT2D eigenvalue weighted by molar-refractivity contribution is 9.10. The summed E-state index contributed by atoms with van der Waals surface area (Å²) in [5, 5.41) is 7.57. The molecule has 110 valence electrons. The molecule has 20 heavy (non-hydrogen) atoms. The van der Waals surface area contributed by atoms with E-state index in [-0.39, 0.29) is 0 Å². The lowest BCUT2D eigenvalue weighted by Crippen LogP contribution is -2.07. The molecule has 6 nitrogen and oxygen atoms in total. The molecule has 0 aliphatic heterocycles. The van der Waals surface area contributed by atoms with Crippen molar-refractivity contribution in [2.24, 2.45) is 0 Å². The molecule has 0 atom stereocenters. The van der Waals surface area contributed by atoms with Gasteiger partial charge in [0.15, 0.2) is 5.65 Å². The number of fused-ring (bicyclic) bond motifs is 1. The second-order valence-corrected chi connectivity index (χ2v) is 5.24. The lowest BCUT2D eigenvalue weighted by Gasteiger charge is -2.03. The predicted octanol–water partition coefficient (Wildman–Crippen LogP) is 2.35. The third kappa shape index (κ3) is 4.73. The average Bonchev–Trinajstić information content (AvgIpc) is 2.83. The number of rotatable bonds is 9. The van der Waals surface area contributed by atoms with Crippen LogP contribution in [0.15, 0.2) is 22.8 Å². The van der Waals surface area contributed by atoms with Gasteiger partial charge in [0, 0.05) is 30.9 Å². The van der Waals surface area contributed by atoms with Gasteiger partial charge in [-0.05, 0) is 40.9 Å². The van der Waals surface area contributed by atoms with Crippen LogP contribution in [0.4, 0.5) is 5.95 Å². The minimum atomic E-state index is 0.652. The number of pyridine rings is 1. The van der Waals surface area contributed by atoms with E-state index in [1.54, 1.807) is 11.6 Å². The summed E-state index contributed by atoms with van der Waals surface area (Å²) in [4.78, 5) is 4.38. The molecule has 0 saturated heterocycles. The van der Waals surface area contributed by atoms with Crippen LogP contribution in [0.1, 0.15) is 12.8 Å². The second-order valence-electron chi connectivity index (χ2n) is 4.32. The van der Waals surface area contributed by atoms with Gasteiger partial charge in [-0.2, -0.15) is 4.98 Å². The average molecular weight is 343 g/mol. The standard InChI is InChI=1S/C13H19BrN4O2/c1-19-8-9-20-7-3-2-6-15-13-16-12-5-4-11(14)10-18(12)17-13/h4-5,10H,2-3,6-9H2,1H3,(H,15,17). The van der Waals surface area contributed by atoms with Crippen molar-refractivity contribution < 1.29 is 9.47 Å². The number of halogens is 1. The van der Waals surface area contributed by atoms with Crippen molar-refractivity contribution in [2.45, 2.75) is 12.8 Å². The molecular formula is C13H19BrN4O2. The van der Waals surface area contributed by atoms with Crippen molar-refractivity contribution >= 4 is 27.5 Å². The normalized spacial score (nSPS) is 11.1. The Morgan fingerprint density at radius 1 is 1.25 bits per heavy atom. The van der Waals surface area contributed by atoms with Crippen molar-refractivity contribution in [1.82, 2.24) is 14.6 Å². The van der Waals surface area contributed by atoms with E-state index >= 15 is 0 Å². The van der Waals surface area contributed by atoms with Gasteiger partial charge in [-0.25, -0.2) is 4.52 Å². The van der Waals surface area contributed by atoms with Gasteiger partial charge in [-0.3, -0.25) is 0 Å². The van der Waals surface area contributed by atoms with E-state index in [1.807, 2.05) is 18.3 Å². The number of nitrogens with one attached hydrogen (secondary N) is 1. The third-order valence-corrected chi connectivity index (χ3v) is 3.19. The molecule has 0 bridgehead atoms. The summed E-state index contributed by atoms with van der Waals surface area (Å²) >= 11 is 3.41. The number of hydrogen-bond acceptors (Lipinski definition) is 5. The van der Waals surface area contributed by atoms with E-state index in [0.29, 0.717) is 19.2 Å². The van der Waals surface area contributed by atoms with Crippen LogP contribution in [0, 0.1) is 0 Å². The third-order valence-electron chi connectivity index (χ3n) is 2.73. The Kier molecular flexibility index (Phi) is 6.23. The molecule has 1 N–H and O–H groups in total. The van der Waals surface area contributed by atoms with Crippen LogP contribution in [0.5, 0.6) is 0 Å². The molecule has 0 saturated carbocycles. The Balaban J connectivity index is 1.65. The van der Waals surface area contributed by atoms with Gasteiger partial charge in [0.2, 0.25) is 5.95 Å². The smallest absolute Gasteiger partial charge is 0.243 e. The maximum Gasteiger partial charge on any atom is 0.243 e. The van der Waals surface area contributed by atoms with E-state index in [0.717, 1.165) is 36.1 Å². The van der Waals surface area contributed by atoms with E-state index in [4.69, 9.17) is 9.47 Å². The number of aromatic nitrogens is 3. The highest BCUT2D eigenvalue weighted by Crippen LogP contribution is 2.12. The predicted molar refractivity (Wildman–Crippen MR) is 81.1 cm³/mol. The number of methoxy groups -OCH3 is 1. The molecule has 0 aliphatic rings. The first-order chi connectivity index (χ1) is 9.79. The fourth-order valence-electron chi connectivity index (χ4n) is 1.71. The lowest BCUT2D eigenvalue weighted by molar-refractivity contribution is 0.0691. The maximum atomic E-state index is 5.39. The van der Waals surface area contributed by atoms with Crippen molar-refractivity contribution in [2.75, 3.05) is 38.8 Å². The van der Waals surface area contributed by atoms with E-state index in [2.05, 4.69) is 31.3 Å². The van der Waals surface area contributed by atoms with Gasteiger partial charge in [0.1, 0.15) is 0 Å². The molecule has 0 aliphatic carbocycles.